The first-order chi connectivity index (χ1) is 12.1. The summed E-state index contributed by atoms with van der Waals surface area (Å²) in [4.78, 5) is 29.3. The monoisotopic (exact) mass is 335 g/mol. The van der Waals surface area contributed by atoms with Crippen LogP contribution in [-0.4, -0.2) is 23.9 Å². The molecule has 3 aromatic rings. The zero-order valence-corrected chi connectivity index (χ0v) is 13.6. The second-order valence-electron chi connectivity index (χ2n) is 7.07. The van der Waals surface area contributed by atoms with Crippen molar-refractivity contribution in [3.8, 4) is 5.69 Å². The van der Waals surface area contributed by atoms with E-state index in [4.69, 9.17) is 0 Å². The van der Waals surface area contributed by atoms with E-state index in [1.165, 1.54) is 4.57 Å². The fraction of sp³-hybridized carbons (Fsp3) is 0.333. The SMILES string of the molecule is O=c1c(=O)n(C23CC(C2)C3)ccn1Cc1ccc(-n2cccn2)cn1. The smallest absolute Gasteiger partial charge is 0.303 e. The van der Waals surface area contributed by atoms with Gasteiger partial charge in [0.2, 0.25) is 0 Å². The number of hydrogen-bond donors (Lipinski definition) is 0. The molecule has 0 spiro atoms. The zero-order chi connectivity index (χ0) is 17.0. The Morgan fingerprint density at radius 3 is 2.52 bits per heavy atom. The number of rotatable bonds is 4. The summed E-state index contributed by atoms with van der Waals surface area (Å²) in [5, 5.41) is 4.15. The summed E-state index contributed by atoms with van der Waals surface area (Å²) >= 11 is 0. The van der Waals surface area contributed by atoms with E-state index < -0.39 is 11.1 Å². The van der Waals surface area contributed by atoms with E-state index in [1.54, 1.807) is 34.0 Å². The van der Waals surface area contributed by atoms with Crippen LogP contribution in [0, 0.1) is 5.92 Å². The summed E-state index contributed by atoms with van der Waals surface area (Å²) in [5.41, 5.74) is 0.601. The van der Waals surface area contributed by atoms with Crippen LogP contribution in [0.5, 0.6) is 0 Å². The molecule has 6 rings (SSSR count). The van der Waals surface area contributed by atoms with Gasteiger partial charge in [0, 0.05) is 30.3 Å². The van der Waals surface area contributed by atoms with Crippen LogP contribution < -0.4 is 11.1 Å². The second-order valence-corrected chi connectivity index (χ2v) is 7.07. The molecule has 126 valence electrons. The maximum atomic E-state index is 12.5. The van der Waals surface area contributed by atoms with Crippen LogP contribution in [0.1, 0.15) is 25.0 Å². The average molecular weight is 335 g/mol. The molecule has 0 radical (unpaired) electrons. The van der Waals surface area contributed by atoms with Gasteiger partial charge >= 0.3 is 11.1 Å². The first-order valence-electron chi connectivity index (χ1n) is 8.42. The van der Waals surface area contributed by atoms with Gasteiger partial charge in [-0.1, -0.05) is 0 Å². The Kier molecular flexibility index (Phi) is 2.89. The van der Waals surface area contributed by atoms with E-state index in [9.17, 15) is 9.59 Å². The van der Waals surface area contributed by atoms with Crippen LogP contribution in [-0.2, 0) is 12.1 Å². The van der Waals surface area contributed by atoms with Crippen molar-refractivity contribution in [2.75, 3.05) is 0 Å². The molecule has 0 unspecified atom stereocenters. The predicted molar refractivity (Wildman–Crippen MR) is 90.7 cm³/mol. The van der Waals surface area contributed by atoms with Gasteiger partial charge in [0.25, 0.3) is 0 Å². The van der Waals surface area contributed by atoms with Crippen LogP contribution in [0.3, 0.4) is 0 Å². The lowest BCUT2D eigenvalue weighted by atomic mass is 9.49. The molecule has 3 saturated carbocycles. The fourth-order valence-electron chi connectivity index (χ4n) is 3.98. The van der Waals surface area contributed by atoms with Crippen LogP contribution in [0.25, 0.3) is 5.69 Å². The Hall–Kier alpha value is -2.96. The minimum Gasteiger partial charge on any atom is -0.303 e. The Balaban J connectivity index is 1.42. The Bertz CT molecular complexity index is 1030. The molecule has 0 amide bonds. The van der Waals surface area contributed by atoms with Crippen molar-refractivity contribution in [3.63, 3.8) is 0 Å². The van der Waals surface area contributed by atoms with Crippen molar-refractivity contribution < 1.29 is 0 Å². The first kappa shape index (κ1) is 14.4. The molecular formula is C18H17N5O2. The van der Waals surface area contributed by atoms with E-state index in [2.05, 4.69) is 10.1 Å². The largest absolute Gasteiger partial charge is 0.316 e. The molecule has 3 aliphatic carbocycles. The zero-order valence-electron chi connectivity index (χ0n) is 13.6. The van der Waals surface area contributed by atoms with Gasteiger partial charge in [0.1, 0.15) is 0 Å². The Morgan fingerprint density at radius 1 is 1.08 bits per heavy atom. The summed E-state index contributed by atoms with van der Waals surface area (Å²) in [6.07, 6.45) is 11.8. The number of pyridine rings is 1. The highest BCUT2D eigenvalue weighted by Gasteiger charge is 2.58. The summed E-state index contributed by atoms with van der Waals surface area (Å²) in [6, 6.07) is 5.58. The standard InChI is InChI=1S/C18H17N5O2/c24-16-17(25)22(18-8-13(9-18)10-18)7-6-21(16)12-14-2-3-15(11-19-14)23-5-1-4-20-23/h1-7,11,13H,8-10,12H2. The summed E-state index contributed by atoms with van der Waals surface area (Å²) in [7, 11) is 0. The summed E-state index contributed by atoms with van der Waals surface area (Å²) < 4.78 is 4.80. The molecular weight excluding hydrogens is 318 g/mol. The summed E-state index contributed by atoms with van der Waals surface area (Å²) in [6.45, 7) is 0.282. The highest BCUT2D eigenvalue weighted by atomic mass is 16.2. The van der Waals surface area contributed by atoms with Crippen molar-refractivity contribution >= 4 is 0 Å². The van der Waals surface area contributed by atoms with Crippen molar-refractivity contribution in [2.24, 2.45) is 5.92 Å². The van der Waals surface area contributed by atoms with Crippen molar-refractivity contribution in [1.29, 1.82) is 0 Å². The molecule has 7 heteroatoms. The predicted octanol–water partition coefficient (Wildman–Crippen LogP) is 1.15. The van der Waals surface area contributed by atoms with Gasteiger partial charge in [-0.15, -0.1) is 0 Å². The van der Waals surface area contributed by atoms with Gasteiger partial charge in [0.15, 0.2) is 0 Å². The molecule has 7 nitrogen and oxygen atoms in total. The van der Waals surface area contributed by atoms with E-state index in [0.29, 0.717) is 0 Å². The first-order valence-corrected chi connectivity index (χ1v) is 8.42. The lowest BCUT2D eigenvalue weighted by Crippen LogP contribution is -2.64. The van der Waals surface area contributed by atoms with E-state index in [-0.39, 0.29) is 12.1 Å². The van der Waals surface area contributed by atoms with Gasteiger partial charge in [-0.2, -0.15) is 5.10 Å². The normalized spacial score (nSPS) is 23.8. The third kappa shape index (κ3) is 2.12. The van der Waals surface area contributed by atoms with Gasteiger partial charge in [-0.25, -0.2) is 4.68 Å². The average Bonchev–Trinajstić information content (AvgIpc) is 3.07. The molecule has 2 bridgehead atoms. The molecule has 3 aromatic heterocycles. The molecule has 25 heavy (non-hydrogen) atoms. The number of aromatic nitrogens is 5. The topological polar surface area (TPSA) is 74.7 Å². The molecule has 0 N–H and O–H groups in total. The Labute approximate surface area is 143 Å². The molecule has 0 saturated heterocycles. The van der Waals surface area contributed by atoms with Crippen LogP contribution in [0.2, 0.25) is 0 Å². The van der Waals surface area contributed by atoms with Gasteiger partial charge < -0.3 is 9.13 Å². The van der Waals surface area contributed by atoms with Crippen molar-refractivity contribution in [2.45, 2.75) is 31.3 Å². The summed E-state index contributed by atoms with van der Waals surface area (Å²) in [5.74, 6) is 0.756. The third-order valence-electron chi connectivity index (χ3n) is 5.49. The van der Waals surface area contributed by atoms with E-state index in [1.807, 2.05) is 24.4 Å². The molecule has 3 fully saturated rings. The lowest BCUT2D eigenvalue weighted by molar-refractivity contribution is -0.0919. The van der Waals surface area contributed by atoms with Gasteiger partial charge in [-0.05, 0) is 43.4 Å². The molecule has 0 atom stereocenters. The molecule has 3 heterocycles. The van der Waals surface area contributed by atoms with Crippen LogP contribution >= 0.6 is 0 Å². The third-order valence-corrected chi connectivity index (χ3v) is 5.49. The second kappa shape index (κ2) is 5.02. The number of nitrogens with zero attached hydrogens (tertiary/aromatic N) is 5. The molecule has 3 aliphatic rings. The van der Waals surface area contributed by atoms with E-state index >= 15 is 0 Å². The van der Waals surface area contributed by atoms with Crippen LogP contribution in [0.4, 0.5) is 0 Å². The lowest BCUT2D eigenvalue weighted by Gasteiger charge is -2.62. The van der Waals surface area contributed by atoms with Gasteiger partial charge in [0.05, 0.1) is 24.1 Å². The Morgan fingerprint density at radius 2 is 1.92 bits per heavy atom. The fourth-order valence-corrected chi connectivity index (χ4v) is 3.98. The minimum atomic E-state index is -0.481. The highest BCUT2D eigenvalue weighted by molar-refractivity contribution is 5.28. The van der Waals surface area contributed by atoms with Crippen molar-refractivity contribution in [1.82, 2.24) is 23.9 Å². The van der Waals surface area contributed by atoms with Gasteiger partial charge in [-0.3, -0.25) is 14.6 Å². The minimum absolute atomic E-state index is 0.0658. The molecule has 0 aromatic carbocycles. The quantitative estimate of drug-likeness (QED) is 0.670. The van der Waals surface area contributed by atoms with E-state index in [0.717, 1.165) is 36.6 Å². The molecule has 0 aliphatic heterocycles. The van der Waals surface area contributed by atoms with Crippen LogP contribution in [0.15, 0.2) is 58.8 Å². The maximum absolute atomic E-state index is 12.5. The highest BCUT2D eigenvalue weighted by Crippen LogP contribution is 2.61. The van der Waals surface area contributed by atoms with Crippen molar-refractivity contribution in [3.05, 3.63) is 75.6 Å². The number of hydrogen-bond acceptors (Lipinski definition) is 4. The maximum Gasteiger partial charge on any atom is 0.316 e.